The van der Waals surface area contributed by atoms with Gasteiger partial charge >= 0.3 is 0 Å². The molecule has 4 N–H and O–H groups in total. The Kier molecular flexibility index (Phi) is 21.4. The molecule has 0 unspecified atom stereocenters. The Balaban J connectivity index is 0.000000111. The maximum Gasteiger partial charge on any atom is 0.281 e. The Labute approximate surface area is 728 Å². The molecule has 2 aliphatic carbocycles. The number of anilines is 4. The van der Waals surface area contributed by atoms with Crippen molar-refractivity contribution in [2.75, 3.05) is 48.6 Å². The van der Waals surface area contributed by atoms with Crippen LogP contribution in [0, 0.1) is 13.8 Å². The van der Waals surface area contributed by atoms with Crippen molar-refractivity contribution in [2.45, 2.75) is 65.5 Å². The van der Waals surface area contributed by atoms with Gasteiger partial charge in [-0.1, -0.05) is 12.1 Å². The van der Waals surface area contributed by atoms with Crippen molar-refractivity contribution in [1.82, 2.24) is 118 Å². The maximum absolute atomic E-state index is 13.8. The van der Waals surface area contributed by atoms with E-state index >= 15 is 0 Å². The van der Waals surface area contributed by atoms with Crippen LogP contribution < -0.4 is 53.0 Å². The Bertz CT molecular complexity index is 7870. The van der Waals surface area contributed by atoms with E-state index in [1.807, 2.05) is 232 Å². The molecule has 2 aliphatic rings. The highest BCUT2D eigenvalue weighted by Crippen LogP contribution is 2.34. The first-order valence-corrected chi connectivity index (χ1v) is 41.6. The van der Waals surface area contributed by atoms with Gasteiger partial charge in [0, 0.05) is 170 Å². The topological polar surface area (TPSA) is 381 Å². The second-order valence-corrected chi connectivity index (χ2v) is 31.3. The van der Waals surface area contributed by atoms with E-state index in [1.54, 1.807) is 75.9 Å². The molecule has 34 nitrogen and oxygen atoms in total. The summed E-state index contributed by atoms with van der Waals surface area (Å²) in [5.41, 5.74) is 16.1. The van der Waals surface area contributed by atoms with Crippen molar-refractivity contribution in [3.8, 4) is 79.0 Å². The Morgan fingerprint density at radius 3 is 0.836 bits per heavy atom. The number of ether oxygens (including phenoxy) is 2. The van der Waals surface area contributed by atoms with Crippen LogP contribution >= 0.6 is 0 Å². The second kappa shape index (κ2) is 33.9. The third-order valence-corrected chi connectivity index (χ3v) is 21.7. The van der Waals surface area contributed by atoms with Crippen LogP contribution in [0.25, 0.3) is 155 Å². The van der Waals surface area contributed by atoms with E-state index in [0.29, 0.717) is 148 Å². The Morgan fingerprint density at radius 2 is 0.586 bits per heavy atom. The van der Waals surface area contributed by atoms with E-state index in [4.69, 9.17) is 19.4 Å². The number of pyridine rings is 8. The Morgan fingerprint density at radius 1 is 0.320 bits per heavy atom. The molecule has 22 rings (SSSR count). The van der Waals surface area contributed by atoms with E-state index in [1.165, 1.54) is 18.7 Å². The highest BCUT2D eigenvalue weighted by Gasteiger charge is 2.27. The van der Waals surface area contributed by atoms with Crippen molar-refractivity contribution in [3.05, 3.63) is 272 Å². The summed E-state index contributed by atoms with van der Waals surface area (Å²) in [5.74, 6) is 3.82. The van der Waals surface area contributed by atoms with E-state index in [-0.39, 0.29) is 22.2 Å². The molecule has 636 valence electrons. The molecule has 0 spiro atoms. The zero-order chi connectivity index (χ0) is 88.1. The monoisotopic (exact) mass is 1700 g/mol. The molecule has 0 atom stereocenters. The van der Waals surface area contributed by atoms with Gasteiger partial charge in [-0.25, -0.2) is 29.9 Å². The van der Waals surface area contributed by atoms with Crippen molar-refractivity contribution in [3.63, 3.8) is 0 Å². The van der Waals surface area contributed by atoms with Gasteiger partial charge in [0.15, 0.2) is 0 Å². The number of hydrogen-bond donors (Lipinski definition) is 4. The fourth-order valence-corrected chi connectivity index (χ4v) is 15.2. The largest absolute Gasteiger partial charge is 0.481 e. The molecule has 34 heteroatoms. The number of nitrogens with one attached hydrogen (secondary N) is 4. The zero-order valence-corrected chi connectivity index (χ0v) is 71.4. The molecular weight excluding hydrogens is 1620 g/mol. The average molecular weight is 1700 g/mol. The molecular formula is C94H84N28O6. The SMILES string of the molecule is CCNc1ccc2nn(-c3ccc4nn(C)cc4c3)c(=O)c(-c3ccc(C)nc3)c2n1.CCNc1ccc2nn(-c3ccc4nn(C)cc4c3)c(=O)c(-c3ccc(OC)nc3)c2n1.COc1ccc(-c2c(=O)n(-c3ccc4nn(C)cc4c3)nc3ccc(NC4CC4)nc23)cn1.Cc1ccc(-c2c(=O)n(-c3ccc4nn(C)cc4c3)nc3ccc(NC4CC4)nc23)cn1. The lowest BCUT2D eigenvalue weighted by atomic mass is 10.1. The van der Waals surface area contributed by atoms with Crippen molar-refractivity contribution >= 4 is 111 Å². The van der Waals surface area contributed by atoms with E-state index in [0.717, 1.165) is 104 Å². The van der Waals surface area contributed by atoms with Gasteiger partial charge in [0.25, 0.3) is 22.2 Å². The predicted molar refractivity (Wildman–Crippen MR) is 495 cm³/mol. The number of nitrogens with zero attached hydrogens (tertiary/aromatic N) is 24. The summed E-state index contributed by atoms with van der Waals surface area (Å²) in [7, 11) is 10.6. The minimum atomic E-state index is -0.283. The molecule has 0 amide bonds. The van der Waals surface area contributed by atoms with Crippen molar-refractivity contribution in [1.29, 1.82) is 0 Å². The molecule has 0 aliphatic heterocycles. The molecule has 4 aromatic carbocycles. The number of aromatic nitrogens is 24. The van der Waals surface area contributed by atoms with E-state index in [2.05, 4.69) is 92.0 Å². The summed E-state index contributed by atoms with van der Waals surface area (Å²) in [4.78, 5) is 91.2. The fraction of sp³-hybridized carbons (Fsp3) is 0.191. The minimum Gasteiger partial charge on any atom is -0.481 e. The van der Waals surface area contributed by atoms with Crippen LogP contribution in [0.15, 0.2) is 239 Å². The smallest absolute Gasteiger partial charge is 0.281 e. The van der Waals surface area contributed by atoms with Crippen LogP contribution in [-0.2, 0) is 28.2 Å². The Hall–Kier alpha value is -16.7. The molecule has 16 aromatic heterocycles. The summed E-state index contributed by atoms with van der Waals surface area (Å²) in [5, 5.41) is 53.1. The van der Waals surface area contributed by atoms with E-state index in [9.17, 15) is 19.2 Å². The summed E-state index contributed by atoms with van der Waals surface area (Å²) in [6.07, 6.45) is 18.9. The number of hydrogen-bond acceptors (Lipinski definition) is 26. The van der Waals surface area contributed by atoms with Gasteiger partial charge in [-0.2, -0.15) is 59.5 Å². The normalized spacial score (nSPS) is 12.5. The van der Waals surface area contributed by atoms with Crippen LogP contribution in [0.5, 0.6) is 11.8 Å². The number of aryl methyl sites for hydroxylation is 6. The number of methoxy groups -OCH3 is 2. The van der Waals surface area contributed by atoms with Crippen LogP contribution in [-0.4, -0.2) is 158 Å². The molecule has 2 fully saturated rings. The lowest BCUT2D eigenvalue weighted by Gasteiger charge is -2.12. The first kappa shape index (κ1) is 81.0. The van der Waals surface area contributed by atoms with Gasteiger partial charge in [0.1, 0.15) is 67.4 Å². The quantitative estimate of drug-likeness (QED) is 0.0620. The third kappa shape index (κ3) is 16.4. The van der Waals surface area contributed by atoms with Crippen molar-refractivity contribution < 1.29 is 9.47 Å². The fourth-order valence-electron chi connectivity index (χ4n) is 15.2. The molecule has 0 saturated heterocycles. The average Bonchev–Trinajstić information content (AvgIpc) is 1.54. The molecule has 0 radical (unpaired) electrons. The van der Waals surface area contributed by atoms with Crippen LogP contribution in [0.2, 0.25) is 0 Å². The van der Waals surface area contributed by atoms with Gasteiger partial charge < -0.3 is 30.7 Å². The van der Waals surface area contributed by atoms with Crippen LogP contribution in [0.3, 0.4) is 0 Å². The lowest BCUT2D eigenvalue weighted by Crippen LogP contribution is -2.24. The molecule has 128 heavy (non-hydrogen) atoms. The number of benzene rings is 4. The summed E-state index contributed by atoms with van der Waals surface area (Å²) < 4.78 is 23.1. The summed E-state index contributed by atoms with van der Waals surface area (Å²) in [6.45, 7) is 9.28. The first-order valence-electron chi connectivity index (χ1n) is 41.6. The number of rotatable bonds is 18. The second-order valence-electron chi connectivity index (χ2n) is 31.3. The van der Waals surface area contributed by atoms with Gasteiger partial charge in [0.05, 0.1) is 81.3 Å². The van der Waals surface area contributed by atoms with Crippen molar-refractivity contribution in [2.24, 2.45) is 28.2 Å². The number of fused-ring (bicyclic) bond motifs is 8. The van der Waals surface area contributed by atoms with Gasteiger partial charge in [-0.3, -0.25) is 47.9 Å². The van der Waals surface area contributed by atoms with Gasteiger partial charge in [-0.15, -0.1) is 0 Å². The van der Waals surface area contributed by atoms with Gasteiger partial charge in [0.2, 0.25) is 11.8 Å². The molecule has 16 heterocycles. The molecule has 2 saturated carbocycles. The molecule has 0 bridgehead atoms. The maximum atomic E-state index is 13.8. The standard InChI is InChI=1S/C24H21N7O2.C24H21N7O.C23H21N7O2.C23H21N7O/c1-30-13-15-11-17(6-7-18(15)28-30)31-24(32)22(14-3-10-21(33-2)25-12-14)23-19(29-31)8-9-20(27-23)26-16-4-5-16;1-14-3-4-15(12-25-14)22-23-20(9-10-21(27-23)26-17-5-6-17)29-31(24(22)32)18-7-8-19-16(11-18)13-30(2)28-19;1-4-24-19-9-8-18-22(26-19)21(14-5-10-20(32-3)25-12-14)23(31)30(28-18)16-6-7-17-15(11-16)13-29(2)27-17;1-4-24-20-10-9-19-22(26-20)21(15-6-5-14(2)25-12-15)23(31)30(28-19)17-7-8-18-16(11-17)13-29(3)27-18/h3,6-13,16H,4-5H2,1-2H3,(H,26,27);3-4,7-13,17H,5-6H2,1-2H3,(H,26,27);5-13H,4H2,1-3H3,(H,24,26);5-13H,4H2,1-3H3,(H,24,26). The summed E-state index contributed by atoms with van der Waals surface area (Å²) >= 11 is 0. The highest BCUT2D eigenvalue weighted by molar-refractivity contribution is 5.96. The zero-order valence-electron chi connectivity index (χ0n) is 71.4. The lowest BCUT2D eigenvalue weighted by molar-refractivity contribution is 0.398. The van der Waals surface area contributed by atoms with Gasteiger partial charge in [-0.05, 0) is 199 Å². The van der Waals surface area contributed by atoms with E-state index < -0.39 is 0 Å². The summed E-state index contributed by atoms with van der Waals surface area (Å²) in [6, 6.07) is 53.3. The molecule has 20 aromatic rings. The minimum absolute atomic E-state index is 0.234. The predicted octanol–water partition coefficient (Wildman–Crippen LogP) is 13.6. The van der Waals surface area contributed by atoms with Crippen LogP contribution in [0.4, 0.5) is 23.3 Å². The van der Waals surface area contributed by atoms with Crippen LogP contribution in [0.1, 0.15) is 50.9 Å². The first-order chi connectivity index (χ1) is 62.2. The third-order valence-electron chi connectivity index (χ3n) is 21.7. The highest BCUT2D eigenvalue weighted by atomic mass is 16.5.